The molecule has 8 aliphatic heterocycles. The Kier molecular flexibility index (Phi) is 23.4. The number of rotatable bonds is 8. The number of carbonyl (C=O) groups excluding carboxylic acids is 10. The van der Waals surface area contributed by atoms with E-state index >= 15 is 0 Å². The highest BCUT2D eigenvalue weighted by Gasteiger charge is 2.43. The van der Waals surface area contributed by atoms with Gasteiger partial charge >= 0.3 is 18.3 Å². The average Bonchev–Trinajstić information content (AvgIpc) is 1.58. The number of anilines is 8. The number of carbonyl (C=O) groups is 10. The Bertz CT molecular complexity index is 5250. The van der Waals surface area contributed by atoms with E-state index in [0.29, 0.717) is 109 Å². The first-order valence-corrected chi connectivity index (χ1v) is 39.4. The summed E-state index contributed by atoms with van der Waals surface area (Å²) in [7, 11) is 0. The van der Waals surface area contributed by atoms with Gasteiger partial charge in [-0.1, -0.05) is 52.3 Å². The number of nitrogen functional groups attached to an aromatic ring is 1. The number of hydrogen-bond donors (Lipinski definition) is 7. The number of nitrogens with two attached hydrogens (primary N) is 1. The lowest BCUT2D eigenvalue weighted by atomic mass is 10.0. The molecule has 9 aromatic rings. The molecule has 33 nitrogen and oxygen atoms in total. The molecular weight excluding hydrogens is 1600 g/mol. The van der Waals surface area contributed by atoms with Crippen molar-refractivity contribution in [3.05, 3.63) is 132 Å². The van der Waals surface area contributed by atoms with Crippen molar-refractivity contribution in [2.45, 2.75) is 172 Å². The highest BCUT2D eigenvalue weighted by Crippen LogP contribution is 2.43. The summed E-state index contributed by atoms with van der Waals surface area (Å²) in [5, 5.41) is 35.3. The topological polar surface area (TPSA) is 402 Å². The molecule has 10 amide bonds. The third-order valence-corrected chi connectivity index (χ3v) is 21.4. The minimum atomic E-state index is -0.785. The maximum atomic E-state index is 13.3. The van der Waals surface area contributed by atoms with Crippen molar-refractivity contribution in [2.75, 3.05) is 71.2 Å². The van der Waals surface area contributed by atoms with Gasteiger partial charge in [0.2, 0.25) is 23.6 Å². The predicted octanol–water partition coefficient (Wildman–Crippen LogP) is 12.6. The van der Waals surface area contributed by atoms with Crippen LogP contribution in [0, 0.1) is 0 Å². The monoisotopic (exact) mass is 1680 g/mol. The highest BCUT2D eigenvalue weighted by molar-refractivity contribution is 9.10. The Morgan fingerprint density at radius 3 is 1.32 bits per heavy atom. The summed E-state index contributed by atoms with van der Waals surface area (Å²) >= 11 is 6.53. The molecule has 0 radical (unpaired) electrons. The van der Waals surface area contributed by atoms with Crippen LogP contribution < -0.4 is 42.5 Å². The first kappa shape index (κ1) is 80.4. The molecule has 0 saturated carbocycles. The van der Waals surface area contributed by atoms with E-state index < -0.39 is 28.8 Å². The molecule has 3 aromatic carbocycles. The van der Waals surface area contributed by atoms with Crippen molar-refractivity contribution in [2.24, 2.45) is 0 Å². The van der Waals surface area contributed by atoms with Gasteiger partial charge in [0, 0.05) is 114 Å². The molecule has 0 spiro atoms. The van der Waals surface area contributed by atoms with E-state index in [1.807, 2.05) is 131 Å². The van der Waals surface area contributed by atoms with Gasteiger partial charge in [0.05, 0.1) is 99.1 Å². The molecule has 35 heteroatoms. The zero-order chi connectivity index (χ0) is 81.2. The second-order valence-electron chi connectivity index (χ2n) is 31.6. The molecule has 5 saturated heterocycles. The maximum Gasteiger partial charge on any atom is 0.410 e. The van der Waals surface area contributed by atoms with Crippen LogP contribution in [0.1, 0.15) is 176 Å². The van der Waals surface area contributed by atoms with Crippen molar-refractivity contribution in [1.82, 2.24) is 69.6 Å². The molecule has 114 heavy (non-hydrogen) atoms. The number of aromatic nitrogens is 9. The number of nitrogens with zero attached hydrogens (tertiary/aromatic N) is 13. The first-order chi connectivity index (χ1) is 54.2. The van der Waals surface area contributed by atoms with Gasteiger partial charge in [-0.2, -0.15) is 15.3 Å². The molecule has 14 heterocycles. The summed E-state index contributed by atoms with van der Waals surface area (Å²) in [6.07, 6.45) is 21.6. The van der Waals surface area contributed by atoms with E-state index in [-0.39, 0.29) is 83.5 Å². The number of amides is 10. The number of nitrogens with one attached hydrogen (secondary N) is 6. The molecule has 0 bridgehead atoms. The van der Waals surface area contributed by atoms with Gasteiger partial charge in [-0.05, 0) is 148 Å². The minimum Gasteiger partial charge on any atom is -0.444 e. The van der Waals surface area contributed by atoms with Crippen LogP contribution in [0.4, 0.5) is 60.3 Å². The first-order valence-electron chi connectivity index (χ1n) is 37.7. The standard InChI is InChI=1S/C28H31N7O5.C23H26N6O3.C13H22N4O2.C10H5BrN2O.C5H6BrNO2/c1-28(2,3)40-27(39)33-11-9-17(10-12-33)34-15-16(13-30-34)31-20-14-29-24-23-18(20)5-4-6-19(23)26(38)35(24)21-7-8-22(36)32-25(21)37;1-23(2,3)32-22(31)28-9-7-15(8-10-28)29-13-14(11-25-29)26-18-12-24-20-19-16(18)5-4-6-17(19)21(30)27-20;1-13(2,3)19-12(18)16-6-4-11(5-7-16)17-9-10(14)8-15-17;11-7-4-12-9-8-5(7)2-1-3-6(8)10(14)13-9;6-3-1-2-4(8)7-5(3)9/h4-6,13-15,17,21,31H,7-12H2,1-3H3,(H,32,36,37);4-6,11-13,15,26H,7-10H2,1-3H3,(H,24,27,30);8-9,11H,4-7,14H2,1-3H3;1-4H,(H,12,13,14);3H,1-2H2,(H,7,8,9). The van der Waals surface area contributed by atoms with Gasteiger partial charge < -0.3 is 55.9 Å². The molecule has 6 aromatic heterocycles. The number of halogens is 2. The number of likely N-dealkylation sites (tertiary alicyclic amines) is 3. The third-order valence-electron chi connectivity index (χ3n) is 19.9. The summed E-state index contributed by atoms with van der Waals surface area (Å²) in [6, 6.07) is 16.6. The molecule has 17 rings (SSSR count). The summed E-state index contributed by atoms with van der Waals surface area (Å²) in [5.74, 6) is -0.0363. The summed E-state index contributed by atoms with van der Waals surface area (Å²) in [4.78, 5) is 138. The Morgan fingerprint density at radius 2 is 0.877 bits per heavy atom. The van der Waals surface area contributed by atoms with E-state index in [9.17, 15) is 47.9 Å². The minimum absolute atomic E-state index is 0.0730. The van der Waals surface area contributed by atoms with Gasteiger partial charge in [-0.3, -0.25) is 63.1 Å². The molecular formula is C79H90Br2N20O13. The Morgan fingerprint density at radius 1 is 0.474 bits per heavy atom. The van der Waals surface area contributed by atoms with Crippen LogP contribution in [0.2, 0.25) is 0 Å². The Balaban J connectivity index is 0.000000135. The molecule has 2 unspecified atom stereocenters. The number of ether oxygens (including phenoxy) is 3. The quantitative estimate of drug-likeness (QED) is 0.0422. The SMILES string of the molecule is CC(C)(C)OC(=O)N1CCC(n2cc(N)cn2)CC1.CC(C)(C)OC(=O)N1CCC(n2cc(Nc3cnc4c5c(cccc35)C(=O)N4)cn2)CC1.CC(C)(C)OC(=O)N1CCC(n2cc(Nc3cnc4c5c(cccc35)C(=O)N4C3CCC(=O)NC3=O)cn2)CC1.O=C1CCC(Br)C(=O)N1.O=C1Nc2ncc(Br)c3cccc1c23. The molecule has 8 aliphatic rings. The van der Waals surface area contributed by atoms with Crippen molar-refractivity contribution >= 4 is 170 Å². The van der Waals surface area contributed by atoms with Gasteiger partial charge in [0.1, 0.15) is 40.3 Å². The van der Waals surface area contributed by atoms with Crippen LogP contribution in [0.3, 0.4) is 0 Å². The molecule has 8 N–H and O–H groups in total. The fourth-order valence-electron chi connectivity index (χ4n) is 14.4. The third kappa shape index (κ3) is 18.5. The molecule has 5 fully saturated rings. The van der Waals surface area contributed by atoms with Crippen molar-refractivity contribution in [1.29, 1.82) is 0 Å². The lowest BCUT2D eigenvalue weighted by Crippen LogP contribution is -2.53. The predicted molar refractivity (Wildman–Crippen MR) is 433 cm³/mol. The number of pyridine rings is 3. The second kappa shape index (κ2) is 33.2. The van der Waals surface area contributed by atoms with Gasteiger partial charge in [-0.25, -0.2) is 29.3 Å². The van der Waals surface area contributed by atoms with Crippen molar-refractivity contribution in [3.63, 3.8) is 0 Å². The fourth-order valence-corrected chi connectivity index (χ4v) is 15.2. The van der Waals surface area contributed by atoms with E-state index in [2.05, 4.69) is 94.0 Å². The van der Waals surface area contributed by atoms with Crippen LogP contribution in [-0.4, -0.2) is 186 Å². The largest absolute Gasteiger partial charge is 0.444 e. The smallest absolute Gasteiger partial charge is 0.410 e. The summed E-state index contributed by atoms with van der Waals surface area (Å²) in [5.41, 5.74) is 9.84. The zero-order valence-corrected chi connectivity index (χ0v) is 67.7. The van der Waals surface area contributed by atoms with E-state index in [1.54, 1.807) is 70.1 Å². The van der Waals surface area contributed by atoms with Crippen molar-refractivity contribution < 1.29 is 62.2 Å². The fraction of sp³-hybridized carbons (Fsp3) is 0.418. The van der Waals surface area contributed by atoms with Crippen LogP contribution in [0.25, 0.3) is 32.3 Å². The van der Waals surface area contributed by atoms with E-state index in [4.69, 9.17) is 19.9 Å². The van der Waals surface area contributed by atoms with Crippen molar-refractivity contribution in [3.8, 4) is 0 Å². The van der Waals surface area contributed by atoms with Crippen LogP contribution in [-0.2, 0) is 33.4 Å². The van der Waals surface area contributed by atoms with Gasteiger partial charge in [0.15, 0.2) is 0 Å². The molecule has 598 valence electrons. The van der Waals surface area contributed by atoms with E-state index in [1.165, 1.54) is 4.90 Å². The van der Waals surface area contributed by atoms with Gasteiger partial charge in [0.25, 0.3) is 17.7 Å². The van der Waals surface area contributed by atoms with Crippen LogP contribution in [0.5, 0.6) is 0 Å². The lowest BCUT2D eigenvalue weighted by Gasteiger charge is -2.33. The van der Waals surface area contributed by atoms with E-state index in [0.717, 1.165) is 87.0 Å². The number of piperidine rings is 5. The second-order valence-corrected chi connectivity index (χ2v) is 33.6. The summed E-state index contributed by atoms with van der Waals surface area (Å²) in [6.45, 7) is 20.7. The number of benzene rings is 3. The molecule has 2 atom stereocenters. The maximum absolute atomic E-state index is 13.3. The highest BCUT2D eigenvalue weighted by atomic mass is 79.9. The van der Waals surface area contributed by atoms with Gasteiger partial charge in [-0.15, -0.1) is 0 Å². The van der Waals surface area contributed by atoms with Crippen LogP contribution >= 0.6 is 31.9 Å². The average molecular weight is 1690 g/mol. The Hall–Kier alpha value is -11.6. The normalized spacial score (nSPS) is 18.3. The number of imide groups is 2. The Labute approximate surface area is 672 Å². The zero-order valence-electron chi connectivity index (χ0n) is 64.5. The molecule has 0 aliphatic carbocycles. The number of hydrogen-bond acceptors (Lipinski definition) is 22. The summed E-state index contributed by atoms with van der Waals surface area (Å²) < 4.78 is 23.0. The van der Waals surface area contributed by atoms with Crippen LogP contribution in [0.15, 0.2) is 115 Å². The lowest BCUT2D eigenvalue weighted by molar-refractivity contribution is -0.135. The number of alkyl halides is 1.